The van der Waals surface area contributed by atoms with E-state index < -0.39 is 0 Å². The average molecular weight is 212 g/mol. The number of rotatable bonds is 7. The number of hydrogen-bond donors (Lipinski definition) is 2. The van der Waals surface area contributed by atoms with Gasteiger partial charge in [-0.25, -0.2) is 0 Å². The van der Waals surface area contributed by atoms with E-state index >= 15 is 0 Å². The Bertz CT molecular complexity index is 147. The van der Waals surface area contributed by atoms with Crippen LogP contribution in [0.5, 0.6) is 0 Å². The molecular formula is C13H28N2. The van der Waals surface area contributed by atoms with E-state index in [-0.39, 0.29) is 0 Å². The maximum absolute atomic E-state index is 3.57. The first-order valence-electron chi connectivity index (χ1n) is 6.61. The molecule has 0 amide bonds. The number of hydrogen-bond acceptors (Lipinski definition) is 2. The van der Waals surface area contributed by atoms with Crippen molar-refractivity contribution in [2.24, 2.45) is 17.8 Å². The molecule has 0 radical (unpaired) electrons. The van der Waals surface area contributed by atoms with Crippen LogP contribution in [0.3, 0.4) is 0 Å². The van der Waals surface area contributed by atoms with Crippen molar-refractivity contribution >= 4 is 0 Å². The standard InChI is InChI=1S/C13H28N2/c1-11(2)12(3)9-14-7-4-5-13-6-8-15-10-13/h11-15H,4-10H2,1-3H3. The molecule has 1 aliphatic rings. The molecule has 90 valence electrons. The highest BCUT2D eigenvalue weighted by Gasteiger charge is 2.13. The van der Waals surface area contributed by atoms with E-state index in [1.165, 1.54) is 45.4 Å². The third-order valence-electron chi connectivity index (χ3n) is 3.73. The van der Waals surface area contributed by atoms with Gasteiger partial charge in [0.15, 0.2) is 0 Å². The molecule has 0 spiro atoms. The lowest BCUT2D eigenvalue weighted by Gasteiger charge is -2.16. The van der Waals surface area contributed by atoms with Crippen LogP contribution in [-0.2, 0) is 0 Å². The second-order valence-corrected chi connectivity index (χ2v) is 5.43. The predicted octanol–water partition coefficient (Wildman–Crippen LogP) is 2.26. The summed E-state index contributed by atoms with van der Waals surface area (Å²) < 4.78 is 0. The molecule has 15 heavy (non-hydrogen) atoms. The molecule has 0 aromatic rings. The molecule has 0 aliphatic carbocycles. The van der Waals surface area contributed by atoms with E-state index in [1.54, 1.807) is 0 Å². The minimum absolute atomic E-state index is 0.802. The summed E-state index contributed by atoms with van der Waals surface area (Å²) in [5.74, 6) is 2.56. The highest BCUT2D eigenvalue weighted by molar-refractivity contribution is 4.71. The Hall–Kier alpha value is -0.0800. The van der Waals surface area contributed by atoms with E-state index in [0.29, 0.717) is 0 Å². The van der Waals surface area contributed by atoms with Crippen LogP contribution in [0.15, 0.2) is 0 Å². The van der Waals surface area contributed by atoms with E-state index in [0.717, 1.165) is 17.8 Å². The van der Waals surface area contributed by atoms with Crippen LogP contribution in [0.2, 0.25) is 0 Å². The molecule has 0 saturated carbocycles. The fraction of sp³-hybridized carbons (Fsp3) is 1.00. The first-order chi connectivity index (χ1) is 7.20. The summed E-state index contributed by atoms with van der Waals surface area (Å²) in [5, 5.41) is 7.00. The molecule has 2 N–H and O–H groups in total. The summed E-state index contributed by atoms with van der Waals surface area (Å²) in [6.07, 6.45) is 4.13. The van der Waals surface area contributed by atoms with Crippen LogP contribution in [0, 0.1) is 17.8 Å². The molecule has 2 atom stereocenters. The topological polar surface area (TPSA) is 24.1 Å². The molecule has 0 bridgehead atoms. The highest BCUT2D eigenvalue weighted by Crippen LogP contribution is 2.13. The normalized spacial score (nSPS) is 23.6. The van der Waals surface area contributed by atoms with Crippen LogP contribution < -0.4 is 10.6 Å². The Morgan fingerprint density at radius 1 is 1.33 bits per heavy atom. The lowest BCUT2D eigenvalue weighted by molar-refractivity contribution is 0.386. The first-order valence-corrected chi connectivity index (χ1v) is 6.61. The molecule has 0 aromatic heterocycles. The predicted molar refractivity (Wildman–Crippen MR) is 67.1 cm³/mol. The van der Waals surface area contributed by atoms with Crippen molar-refractivity contribution in [2.75, 3.05) is 26.2 Å². The van der Waals surface area contributed by atoms with Gasteiger partial charge in [-0.3, -0.25) is 0 Å². The minimum atomic E-state index is 0.802. The Labute approximate surface area is 95.2 Å². The van der Waals surface area contributed by atoms with E-state index in [4.69, 9.17) is 0 Å². The van der Waals surface area contributed by atoms with Crippen molar-refractivity contribution in [3.63, 3.8) is 0 Å². The van der Waals surface area contributed by atoms with Crippen LogP contribution in [0.1, 0.15) is 40.0 Å². The first kappa shape index (κ1) is 13.0. The van der Waals surface area contributed by atoms with E-state index in [1.807, 2.05) is 0 Å². The van der Waals surface area contributed by atoms with Crippen LogP contribution in [-0.4, -0.2) is 26.2 Å². The Balaban J connectivity index is 1.88. The third kappa shape index (κ3) is 5.53. The zero-order chi connectivity index (χ0) is 11.1. The second-order valence-electron chi connectivity index (χ2n) is 5.43. The summed E-state index contributed by atoms with van der Waals surface area (Å²) in [4.78, 5) is 0. The van der Waals surface area contributed by atoms with Gasteiger partial charge >= 0.3 is 0 Å². The van der Waals surface area contributed by atoms with Gasteiger partial charge in [-0.1, -0.05) is 20.8 Å². The Kier molecular flexibility index (Phi) is 6.26. The van der Waals surface area contributed by atoms with Gasteiger partial charge in [-0.05, 0) is 63.2 Å². The molecule has 2 heteroatoms. The van der Waals surface area contributed by atoms with Gasteiger partial charge in [-0.2, -0.15) is 0 Å². The van der Waals surface area contributed by atoms with Crippen molar-refractivity contribution in [1.82, 2.24) is 10.6 Å². The van der Waals surface area contributed by atoms with Gasteiger partial charge < -0.3 is 10.6 Å². The SMILES string of the molecule is CC(C)C(C)CNCCCC1CCNC1. The molecule has 2 unspecified atom stereocenters. The molecular weight excluding hydrogens is 184 g/mol. The number of nitrogens with one attached hydrogen (secondary N) is 2. The second kappa shape index (κ2) is 7.24. The molecule has 1 rings (SSSR count). The van der Waals surface area contributed by atoms with Gasteiger partial charge in [0, 0.05) is 0 Å². The summed E-state index contributed by atoms with van der Waals surface area (Å²) >= 11 is 0. The molecule has 1 heterocycles. The van der Waals surface area contributed by atoms with Gasteiger partial charge in [0.25, 0.3) is 0 Å². The average Bonchev–Trinajstić information content (AvgIpc) is 2.69. The quantitative estimate of drug-likeness (QED) is 0.633. The highest BCUT2D eigenvalue weighted by atomic mass is 14.9. The molecule has 1 fully saturated rings. The maximum atomic E-state index is 3.57. The minimum Gasteiger partial charge on any atom is -0.316 e. The summed E-state index contributed by atoms with van der Waals surface area (Å²) in [7, 11) is 0. The van der Waals surface area contributed by atoms with E-state index in [9.17, 15) is 0 Å². The maximum Gasteiger partial charge on any atom is -0.00200 e. The summed E-state index contributed by atoms with van der Waals surface area (Å²) in [5.41, 5.74) is 0. The van der Waals surface area contributed by atoms with Crippen molar-refractivity contribution in [1.29, 1.82) is 0 Å². The molecule has 1 saturated heterocycles. The zero-order valence-electron chi connectivity index (χ0n) is 10.7. The van der Waals surface area contributed by atoms with Crippen LogP contribution in [0.25, 0.3) is 0 Å². The van der Waals surface area contributed by atoms with Gasteiger partial charge in [0.1, 0.15) is 0 Å². The summed E-state index contributed by atoms with van der Waals surface area (Å²) in [6, 6.07) is 0. The lowest BCUT2D eigenvalue weighted by atomic mass is 9.98. The lowest BCUT2D eigenvalue weighted by Crippen LogP contribution is -2.25. The fourth-order valence-electron chi connectivity index (χ4n) is 2.04. The Morgan fingerprint density at radius 3 is 2.73 bits per heavy atom. The Morgan fingerprint density at radius 2 is 2.13 bits per heavy atom. The molecule has 1 aliphatic heterocycles. The largest absolute Gasteiger partial charge is 0.316 e. The fourth-order valence-corrected chi connectivity index (χ4v) is 2.04. The smallest absolute Gasteiger partial charge is 0.00200 e. The van der Waals surface area contributed by atoms with Crippen molar-refractivity contribution in [2.45, 2.75) is 40.0 Å². The van der Waals surface area contributed by atoms with Gasteiger partial charge in [0.2, 0.25) is 0 Å². The van der Waals surface area contributed by atoms with E-state index in [2.05, 4.69) is 31.4 Å². The van der Waals surface area contributed by atoms with Crippen LogP contribution >= 0.6 is 0 Å². The third-order valence-corrected chi connectivity index (χ3v) is 3.73. The van der Waals surface area contributed by atoms with Crippen molar-refractivity contribution in [3.8, 4) is 0 Å². The zero-order valence-corrected chi connectivity index (χ0v) is 10.7. The molecule has 2 nitrogen and oxygen atoms in total. The van der Waals surface area contributed by atoms with Crippen molar-refractivity contribution < 1.29 is 0 Å². The van der Waals surface area contributed by atoms with Gasteiger partial charge in [0.05, 0.1) is 0 Å². The van der Waals surface area contributed by atoms with Gasteiger partial charge in [-0.15, -0.1) is 0 Å². The monoisotopic (exact) mass is 212 g/mol. The van der Waals surface area contributed by atoms with Crippen molar-refractivity contribution in [3.05, 3.63) is 0 Å². The summed E-state index contributed by atoms with van der Waals surface area (Å²) in [6.45, 7) is 11.8. The van der Waals surface area contributed by atoms with Crippen LogP contribution in [0.4, 0.5) is 0 Å². The molecule has 0 aromatic carbocycles.